The van der Waals surface area contributed by atoms with Crippen molar-refractivity contribution in [1.29, 1.82) is 0 Å². The van der Waals surface area contributed by atoms with Crippen molar-refractivity contribution in [3.05, 3.63) is 93.7 Å². The van der Waals surface area contributed by atoms with Crippen LogP contribution < -0.4 is 20.5 Å². The summed E-state index contributed by atoms with van der Waals surface area (Å²) in [7, 11) is 2.84. The van der Waals surface area contributed by atoms with Gasteiger partial charge in [-0.15, -0.1) is 20.4 Å². The summed E-state index contributed by atoms with van der Waals surface area (Å²) in [5.74, 6) is 1.20. The summed E-state index contributed by atoms with van der Waals surface area (Å²) in [5.41, 5.74) is 7.35. The number of hydrogen-bond acceptors (Lipinski definition) is 13. The average molecular weight is 853 g/mol. The first-order valence-corrected chi connectivity index (χ1v) is 17.3. The Hall–Kier alpha value is -5.82. The van der Waals surface area contributed by atoms with E-state index in [9.17, 15) is 9.59 Å². The molecule has 0 unspecified atom stereocenters. The summed E-state index contributed by atoms with van der Waals surface area (Å²) < 4.78 is 15.1. The summed E-state index contributed by atoms with van der Waals surface area (Å²) >= 11 is 6.42. The van der Waals surface area contributed by atoms with Crippen LogP contribution in [0.1, 0.15) is 60.5 Å². The first-order chi connectivity index (χ1) is 25.3. The van der Waals surface area contributed by atoms with Gasteiger partial charge in [-0.3, -0.25) is 4.79 Å². The summed E-state index contributed by atoms with van der Waals surface area (Å²) in [5, 5.41) is 27.4. The molecule has 6 heterocycles. The fourth-order valence-corrected chi connectivity index (χ4v) is 5.15. The monoisotopic (exact) mass is 850 g/mol. The van der Waals surface area contributed by atoms with Gasteiger partial charge in [-0.2, -0.15) is 0 Å². The van der Waals surface area contributed by atoms with E-state index < -0.39 is 5.97 Å². The smallest absolute Gasteiger partial charge is 0.341 e. The van der Waals surface area contributed by atoms with Crippen LogP contribution in [0.2, 0.25) is 0 Å². The number of nitrogen functional groups attached to an aromatic ring is 1. The molecule has 0 spiro atoms. The summed E-state index contributed by atoms with van der Waals surface area (Å²) in [6.07, 6.45) is 6.40. The number of pyridine rings is 4. The van der Waals surface area contributed by atoms with Crippen LogP contribution in [-0.4, -0.2) is 80.7 Å². The van der Waals surface area contributed by atoms with Crippen molar-refractivity contribution in [1.82, 2.24) is 49.5 Å². The number of aromatic carboxylic acids is 1. The van der Waals surface area contributed by atoms with E-state index in [4.69, 9.17) is 20.3 Å². The Morgan fingerprint density at radius 3 is 1.75 bits per heavy atom. The predicted octanol–water partition coefficient (Wildman–Crippen LogP) is 6.39. The molecule has 276 valence electrons. The zero-order valence-corrected chi connectivity index (χ0v) is 32.6. The topological polar surface area (TPSA) is 224 Å². The van der Waals surface area contributed by atoms with Gasteiger partial charge in [-0.05, 0) is 96.0 Å². The third-order valence-corrected chi connectivity index (χ3v) is 7.84. The molecular formula is C34H36Br2N12O5. The number of nitrogens with two attached hydrogens (primary N) is 1. The van der Waals surface area contributed by atoms with Crippen molar-refractivity contribution in [2.45, 2.75) is 39.8 Å². The number of rotatable bonds is 9. The number of carbonyl (C=O) groups excluding carboxylic acids is 1. The molecule has 19 heteroatoms. The summed E-state index contributed by atoms with van der Waals surface area (Å²) in [6, 6.07) is 14.4. The Bertz CT molecular complexity index is 2170. The van der Waals surface area contributed by atoms with Crippen molar-refractivity contribution in [2.24, 2.45) is 0 Å². The van der Waals surface area contributed by atoms with E-state index >= 15 is 0 Å². The number of anilines is 2. The van der Waals surface area contributed by atoms with Crippen LogP contribution in [0.15, 0.2) is 82.5 Å². The molecule has 0 aliphatic heterocycles. The van der Waals surface area contributed by atoms with Crippen molar-refractivity contribution in [3.63, 3.8) is 0 Å². The van der Waals surface area contributed by atoms with Gasteiger partial charge in [0.1, 0.15) is 46.8 Å². The van der Waals surface area contributed by atoms with Gasteiger partial charge in [0.15, 0.2) is 11.6 Å². The van der Waals surface area contributed by atoms with Gasteiger partial charge in [0.2, 0.25) is 11.8 Å². The summed E-state index contributed by atoms with van der Waals surface area (Å²) in [4.78, 5) is 39.7. The number of methoxy groups -OCH3 is 2. The Morgan fingerprint density at radius 2 is 1.26 bits per heavy atom. The van der Waals surface area contributed by atoms with E-state index in [-0.39, 0.29) is 29.3 Å². The largest absolute Gasteiger partial charge is 0.480 e. The van der Waals surface area contributed by atoms with E-state index in [2.05, 4.69) is 91.4 Å². The van der Waals surface area contributed by atoms with Crippen LogP contribution in [0.4, 0.5) is 11.6 Å². The molecule has 0 atom stereocenters. The number of aromatic nitrogens is 10. The van der Waals surface area contributed by atoms with Gasteiger partial charge in [-0.25, -0.2) is 24.7 Å². The van der Waals surface area contributed by atoms with Gasteiger partial charge < -0.3 is 34.8 Å². The Labute approximate surface area is 321 Å². The molecule has 0 aliphatic carbocycles. The van der Waals surface area contributed by atoms with Crippen molar-refractivity contribution in [3.8, 4) is 34.8 Å². The highest BCUT2D eigenvalue weighted by atomic mass is 79.9. The Balaban J connectivity index is 0.000000196. The van der Waals surface area contributed by atoms with Crippen molar-refractivity contribution >= 4 is 55.4 Å². The van der Waals surface area contributed by atoms with Crippen LogP contribution in [0, 0.1) is 0 Å². The van der Waals surface area contributed by atoms with E-state index in [0.29, 0.717) is 43.7 Å². The lowest BCUT2D eigenvalue weighted by atomic mass is 10.2. The molecule has 17 nitrogen and oxygen atoms in total. The third kappa shape index (κ3) is 10.6. The van der Waals surface area contributed by atoms with Crippen LogP contribution in [0.3, 0.4) is 0 Å². The zero-order valence-electron chi connectivity index (χ0n) is 29.5. The number of nitrogens with one attached hydrogen (secondary N) is 1. The maximum Gasteiger partial charge on any atom is 0.341 e. The number of carboxylic acids is 1. The van der Waals surface area contributed by atoms with Gasteiger partial charge in [0.05, 0.1) is 14.2 Å². The number of ether oxygens (including phenoxy) is 2. The molecule has 1 amide bonds. The van der Waals surface area contributed by atoms with Gasteiger partial charge in [0, 0.05) is 33.4 Å². The lowest BCUT2D eigenvalue weighted by Gasteiger charge is -2.11. The molecule has 53 heavy (non-hydrogen) atoms. The van der Waals surface area contributed by atoms with E-state index in [1.54, 1.807) is 43.1 Å². The number of amides is 1. The molecule has 6 rings (SSSR count). The third-order valence-electron chi connectivity index (χ3n) is 6.98. The minimum atomic E-state index is -1.05. The molecule has 0 saturated heterocycles. The first-order valence-electron chi connectivity index (χ1n) is 15.8. The second-order valence-electron chi connectivity index (χ2n) is 11.3. The highest BCUT2D eigenvalue weighted by Gasteiger charge is 2.17. The lowest BCUT2D eigenvalue weighted by molar-refractivity contribution is 0.0692. The number of halogens is 2. The number of carbonyl (C=O) groups is 2. The molecule has 0 aliphatic rings. The lowest BCUT2D eigenvalue weighted by Crippen LogP contribution is -2.15. The SMILES string of the molecule is CC(C)n1cnnc1-c1cccc(N)n1.COc1ncc(Br)cc1C(=O)Nc1cccc(-c2nncn2C(C)C)n1.COc1ncc(Br)cc1C(=O)O. The number of nitrogens with zero attached hydrogens (tertiary/aromatic N) is 10. The molecule has 0 fully saturated rings. The van der Waals surface area contributed by atoms with Crippen molar-refractivity contribution < 1.29 is 24.2 Å². The highest BCUT2D eigenvalue weighted by Crippen LogP contribution is 2.24. The maximum absolute atomic E-state index is 12.6. The molecular weight excluding hydrogens is 816 g/mol. The first kappa shape index (κ1) is 40.0. The number of carboxylic acid groups (broad SMARTS) is 1. The molecule has 0 saturated carbocycles. The van der Waals surface area contributed by atoms with Gasteiger partial charge in [-0.1, -0.05) is 12.1 Å². The Morgan fingerprint density at radius 1 is 0.774 bits per heavy atom. The van der Waals surface area contributed by atoms with Crippen molar-refractivity contribution in [2.75, 3.05) is 25.3 Å². The second-order valence-corrected chi connectivity index (χ2v) is 13.2. The van der Waals surface area contributed by atoms with Gasteiger partial charge >= 0.3 is 5.97 Å². The minimum Gasteiger partial charge on any atom is -0.480 e. The standard InChI is InChI=1S/C17H17BrN6O2.C10H13N5.C7H6BrNO3/c1-10(2)24-9-20-23-15(24)13-5-4-6-14(21-13)22-16(25)12-7-11(18)8-19-17(12)26-3;1-7(2)15-6-12-14-10(15)8-4-3-5-9(11)13-8;1-12-6-5(7(10)11)2-4(8)3-9-6/h4-10H,1-3H3,(H,21,22,25);3-7H,1-2H3,(H2,11,13);2-3H,1H3,(H,10,11). The fraction of sp³-hybridized carbons (Fsp3) is 0.235. The predicted molar refractivity (Wildman–Crippen MR) is 204 cm³/mol. The molecule has 4 N–H and O–H groups in total. The molecule has 6 aromatic heterocycles. The summed E-state index contributed by atoms with van der Waals surface area (Å²) in [6.45, 7) is 8.20. The molecule has 0 radical (unpaired) electrons. The van der Waals surface area contributed by atoms with Crippen LogP contribution in [0.5, 0.6) is 11.8 Å². The molecule has 0 aromatic carbocycles. The van der Waals surface area contributed by atoms with Crippen LogP contribution in [-0.2, 0) is 0 Å². The quantitative estimate of drug-likeness (QED) is 0.143. The van der Waals surface area contributed by atoms with Gasteiger partial charge in [0.25, 0.3) is 5.91 Å². The zero-order chi connectivity index (χ0) is 38.7. The van der Waals surface area contributed by atoms with Crippen LogP contribution in [0.25, 0.3) is 23.0 Å². The normalized spacial score (nSPS) is 10.5. The minimum absolute atomic E-state index is 0.0480. The fourth-order valence-electron chi connectivity index (χ4n) is 4.49. The second kappa shape index (κ2) is 18.6. The Kier molecular flexibility index (Phi) is 14.0. The van der Waals surface area contributed by atoms with E-state index in [1.807, 2.05) is 41.2 Å². The van der Waals surface area contributed by atoms with E-state index in [1.165, 1.54) is 26.5 Å². The average Bonchev–Trinajstić information content (AvgIpc) is 3.84. The number of hydrogen-bond donors (Lipinski definition) is 3. The maximum atomic E-state index is 12.6. The highest BCUT2D eigenvalue weighted by molar-refractivity contribution is 9.10. The van der Waals surface area contributed by atoms with Crippen LogP contribution >= 0.6 is 31.9 Å². The molecule has 0 bridgehead atoms. The van der Waals surface area contributed by atoms with E-state index in [0.717, 1.165) is 11.5 Å². The molecule has 6 aromatic rings.